The van der Waals surface area contributed by atoms with Crippen LogP contribution in [0.5, 0.6) is 0 Å². The van der Waals surface area contributed by atoms with E-state index in [9.17, 15) is 9.59 Å². The van der Waals surface area contributed by atoms with Gasteiger partial charge in [-0.1, -0.05) is 11.6 Å². The normalized spacial score (nSPS) is 18.6. The molecule has 1 fully saturated rings. The van der Waals surface area contributed by atoms with Crippen molar-refractivity contribution >= 4 is 39.4 Å². The van der Waals surface area contributed by atoms with E-state index in [1.165, 1.54) is 0 Å². The van der Waals surface area contributed by atoms with E-state index >= 15 is 0 Å². The van der Waals surface area contributed by atoms with Crippen LogP contribution in [0.15, 0.2) is 16.6 Å². The van der Waals surface area contributed by atoms with E-state index in [1.807, 2.05) is 6.92 Å². The molecule has 5 nitrogen and oxygen atoms in total. The molecule has 1 aliphatic heterocycles. The minimum absolute atomic E-state index is 0.107. The molecule has 21 heavy (non-hydrogen) atoms. The highest BCUT2D eigenvalue weighted by Gasteiger charge is 2.27. The maximum Gasteiger partial charge on any atom is 0.306 e. The summed E-state index contributed by atoms with van der Waals surface area (Å²) in [7, 11) is 0. The Hall–Kier alpha value is -1.11. The highest BCUT2D eigenvalue weighted by Crippen LogP contribution is 2.28. The molecule has 0 saturated carbocycles. The Morgan fingerprint density at radius 3 is 2.86 bits per heavy atom. The van der Waals surface area contributed by atoms with Gasteiger partial charge in [-0.3, -0.25) is 9.59 Å². The molecule has 1 heterocycles. The van der Waals surface area contributed by atoms with Crippen LogP contribution in [0.4, 0.5) is 0 Å². The number of morpholine rings is 1. The SMILES string of the molecule is Cc1cc(C(=O)N2CCOC(CC(=O)O)C2)cc(Cl)c1Br. The number of aryl methyl sites for hydroxylation is 1. The summed E-state index contributed by atoms with van der Waals surface area (Å²) in [6.45, 7) is 2.92. The van der Waals surface area contributed by atoms with E-state index in [1.54, 1.807) is 17.0 Å². The van der Waals surface area contributed by atoms with Crippen LogP contribution in [-0.4, -0.2) is 47.7 Å². The van der Waals surface area contributed by atoms with Crippen LogP contribution in [0.3, 0.4) is 0 Å². The molecular weight excluding hydrogens is 362 g/mol. The van der Waals surface area contributed by atoms with Crippen molar-refractivity contribution in [2.45, 2.75) is 19.4 Å². The van der Waals surface area contributed by atoms with Crippen LogP contribution >= 0.6 is 27.5 Å². The second kappa shape index (κ2) is 6.77. The van der Waals surface area contributed by atoms with Crippen molar-refractivity contribution in [1.29, 1.82) is 0 Å². The average Bonchev–Trinajstić information content (AvgIpc) is 2.43. The van der Waals surface area contributed by atoms with Crippen LogP contribution in [0.25, 0.3) is 0 Å². The van der Waals surface area contributed by atoms with Crippen LogP contribution in [0, 0.1) is 6.92 Å². The molecule has 1 aromatic carbocycles. The monoisotopic (exact) mass is 375 g/mol. The number of carbonyl (C=O) groups is 2. The Bertz CT molecular complexity index is 555. The molecule has 1 atom stereocenters. The van der Waals surface area contributed by atoms with E-state index in [0.29, 0.717) is 23.7 Å². The second-order valence-corrected chi connectivity index (χ2v) is 6.13. The second-order valence-electron chi connectivity index (χ2n) is 4.93. The van der Waals surface area contributed by atoms with Crippen LogP contribution in [-0.2, 0) is 9.53 Å². The fourth-order valence-corrected chi connectivity index (χ4v) is 2.75. The van der Waals surface area contributed by atoms with Crippen molar-refractivity contribution in [3.05, 3.63) is 32.8 Å². The number of benzene rings is 1. The number of ether oxygens (including phenoxy) is 1. The molecule has 1 amide bonds. The van der Waals surface area contributed by atoms with Gasteiger partial charge in [0.2, 0.25) is 0 Å². The Morgan fingerprint density at radius 2 is 2.24 bits per heavy atom. The predicted octanol–water partition coefficient (Wildman–Crippen LogP) is 2.73. The fourth-order valence-electron chi connectivity index (χ4n) is 2.25. The first-order chi connectivity index (χ1) is 9.88. The maximum atomic E-state index is 12.5. The summed E-state index contributed by atoms with van der Waals surface area (Å²) in [6, 6.07) is 3.38. The molecule has 114 valence electrons. The van der Waals surface area contributed by atoms with Gasteiger partial charge in [-0.2, -0.15) is 0 Å². The lowest BCUT2D eigenvalue weighted by Crippen LogP contribution is -2.46. The summed E-state index contributed by atoms with van der Waals surface area (Å²) in [6.07, 6.45) is -0.573. The number of hydrogen-bond donors (Lipinski definition) is 1. The largest absolute Gasteiger partial charge is 0.481 e. The zero-order valence-corrected chi connectivity index (χ0v) is 13.8. The molecule has 2 rings (SSSR count). The third-order valence-electron chi connectivity index (χ3n) is 3.29. The summed E-state index contributed by atoms with van der Waals surface area (Å²) in [5.41, 5.74) is 1.37. The molecule has 0 spiro atoms. The van der Waals surface area contributed by atoms with Gasteiger partial charge in [0.05, 0.1) is 24.2 Å². The summed E-state index contributed by atoms with van der Waals surface area (Å²) in [4.78, 5) is 24.8. The molecule has 1 saturated heterocycles. The maximum absolute atomic E-state index is 12.5. The predicted molar refractivity (Wildman–Crippen MR) is 81.8 cm³/mol. The molecule has 0 aliphatic carbocycles. The number of aliphatic carboxylic acids is 1. The van der Waals surface area contributed by atoms with Gasteiger partial charge in [0.1, 0.15) is 0 Å². The summed E-state index contributed by atoms with van der Waals surface area (Å²) < 4.78 is 6.13. The Kier molecular flexibility index (Phi) is 5.24. The van der Waals surface area contributed by atoms with Crippen LogP contribution < -0.4 is 0 Å². The third kappa shape index (κ3) is 3.96. The van der Waals surface area contributed by atoms with Gasteiger partial charge >= 0.3 is 5.97 Å². The number of halogens is 2. The molecule has 1 aromatic rings. The lowest BCUT2D eigenvalue weighted by atomic mass is 10.1. The molecule has 1 N–H and O–H groups in total. The van der Waals surface area contributed by atoms with Gasteiger partial charge in [-0.25, -0.2) is 0 Å². The van der Waals surface area contributed by atoms with Crippen LogP contribution in [0.2, 0.25) is 5.02 Å². The van der Waals surface area contributed by atoms with E-state index in [4.69, 9.17) is 21.4 Å². The smallest absolute Gasteiger partial charge is 0.306 e. The minimum Gasteiger partial charge on any atom is -0.481 e. The molecule has 1 unspecified atom stereocenters. The van der Waals surface area contributed by atoms with Crippen molar-refractivity contribution in [3.63, 3.8) is 0 Å². The van der Waals surface area contributed by atoms with Crippen molar-refractivity contribution in [2.24, 2.45) is 0 Å². The topological polar surface area (TPSA) is 66.8 Å². The standard InChI is InChI=1S/C14H15BrClNO4/c1-8-4-9(5-11(16)13(8)15)14(20)17-2-3-21-10(7-17)6-12(18)19/h4-5,10H,2-3,6-7H2,1H3,(H,18,19). The first kappa shape index (κ1) is 16.3. The minimum atomic E-state index is -0.933. The number of nitrogens with zero attached hydrogens (tertiary/aromatic N) is 1. The van der Waals surface area contributed by atoms with E-state index < -0.39 is 12.1 Å². The fraction of sp³-hybridized carbons (Fsp3) is 0.429. The summed E-state index contributed by atoms with van der Waals surface area (Å²) in [5.74, 6) is -1.09. The zero-order valence-electron chi connectivity index (χ0n) is 11.4. The van der Waals surface area contributed by atoms with E-state index in [2.05, 4.69) is 15.9 Å². The zero-order chi connectivity index (χ0) is 15.6. The van der Waals surface area contributed by atoms with Crippen molar-refractivity contribution in [1.82, 2.24) is 4.90 Å². The quantitative estimate of drug-likeness (QED) is 0.881. The van der Waals surface area contributed by atoms with Crippen molar-refractivity contribution in [3.8, 4) is 0 Å². The highest BCUT2D eigenvalue weighted by molar-refractivity contribution is 9.10. The van der Waals surface area contributed by atoms with Gasteiger partial charge in [-0.05, 0) is 40.5 Å². The molecular formula is C14H15BrClNO4. The number of carboxylic acids is 1. The Balaban J connectivity index is 2.14. The number of carboxylic acid groups (broad SMARTS) is 1. The van der Waals surface area contributed by atoms with Gasteiger partial charge < -0.3 is 14.7 Å². The molecule has 1 aliphatic rings. The molecule has 0 radical (unpaired) electrons. The average molecular weight is 377 g/mol. The highest BCUT2D eigenvalue weighted by atomic mass is 79.9. The van der Waals surface area contributed by atoms with Crippen molar-refractivity contribution in [2.75, 3.05) is 19.7 Å². The molecule has 0 bridgehead atoms. The molecule has 7 heteroatoms. The van der Waals surface area contributed by atoms with E-state index in [-0.39, 0.29) is 18.9 Å². The Labute approximate surface area is 136 Å². The number of hydrogen-bond acceptors (Lipinski definition) is 3. The first-order valence-electron chi connectivity index (χ1n) is 6.47. The summed E-state index contributed by atoms with van der Waals surface area (Å²) >= 11 is 9.43. The van der Waals surface area contributed by atoms with Crippen LogP contribution in [0.1, 0.15) is 22.3 Å². The van der Waals surface area contributed by atoms with Gasteiger partial charge in [0.15, 0.2) is 0 Å². The Morgan fingerprint density at radius 1 is 1.52 bits per heavy atom. The van der Waals surface area contributed by atoms with Gasteiger partial charge in [-0.15, -0.1) is 0 Å². The summed E-state index contributed by atoms with van der Waals surface area (Å²) in [5, 5.41) is 9.29. The van der Waals surface area contributed by atoms with Gasteiger partial charge in [0, 0.05) is 23.1 Å². The third-order valence-corrected chi connectivity index (χ3v) is 4.86. The molecule has 0 aromatic heterocycles. The lowest BCUT2D eigenvalue weighted by Gasteiger charge is -2.32. The van der Waals surface area contributed by atoms with Crippen molar-refractivity contribution < 1.29 is 19.4 Å². The number of amides is 1. The first-order valence-corrected chi connectivity index (χ1v) is 7.64. The number of rotatable bonds is 3. The van der Waals surface area contributed by atoms with Gasteiger partial charge in [0.25, 0.3) is 5.91 Å². The number of carbonyl (C=O) groups excluding carboxylic acids is 1. The lowest BCUT2D eigenvalue weighted by molar-refractivity contribution is -0.141. The van der Waals surface area contributed by atoms with E-state index in [0.717, 1.165) is 10.0 Å².